The molecule has 0 atom stereocenters. The van der Waals surface area contributed by atoms with Crippen molar-refractivity contribution in [3.8, 4) is 5.75 Å². The molecule has 0 aliphatic heterocycles. The Bertz CT molecular complexity index is 1030. The molecule has 0 aliphatic carbocycles. The van der Waals surface area contributed by atoms with Crippen LogP contribution in [0.3, 0.4) is 0 Å². The number of fused-ring (bicyclic) bond motifs is 1. The first kappa shape index (κ1) is 17.5. The van der Waals surface area contributed by atoms with E-state index in [1.807, 2.05) is 0 Å². The minimum Gasteiger partial charge on any atom is -0.505 e. The summed E-state index contributed by atoms with van der Waals surface area (Å²) in [5.74, 6) is -0.482. The van der Waals surface area contributed by atoms with Crippen molar-refractivity contribution in [2.75, 3.05) is 0 Å². The lowest BCUT2D eigenvalue weighted by Gasteiger charge is -2.06. The number of amides is 1. The Morgan fingerprint density at radius 3 is 2.73 bits per heavy atom. The van der Waals surface area contributed by atoms with E-state index >= 15 is 0 Å². The van der Waals surface area contributed by atoms with Crippen LogP contribution in [0.4, 0.5) is 5.69 Å². The molecule has 8 nitrogen and oxygen atoms in total. The number of nitro groups is 1. The van der Waals surface area contributed by atoms with Gasteiger partial charge in [-0.25, -0.2) is 5.43 Å². The number of carbonyl (C=O) groups is 1. The smallest absolute Gasteiger partial charge is 0.271 e. The molecule has 1 aromatic heterocycles. The van der Waals surface area contributed by atoms with E-state index in [-0.39, 0.29) is 17.0 Å². The van der Waals surface area contributed by atoms with E-state index in [1.54, 1.807) is 24.4 Å². The minimum atomic E-state index is -0.540. The first-order valence-corrected chi connectivity index (χ1v) is 8.10. The van der Waals surface area contributed by atoms with Crippen LogP contribution >= 0.6 is 15.9 Å². The van der Waals surface area contributed by atoms with E-state index in [1.165, 1.54) is 30.5 Å². The van der Waals surface area contributed by atoms with Gasteiger partial charge in [-0.05, 0) is 40.2 Å². The average Bonchev–Trinajstić information content (AvgIpc) is 2.65. The number of nitro benzene ring substituents is 1. The quantitative estimate of drug-likeness (QED) is 0.385. The molecule has 0 fully saturated rings. The van der Waals surface area contributed by atoms with Gasteiger partial charge >= 0.3 is 0 Å². The van der Waals surface area contributed by atoms with Crippen LogP contribution in [0.15, 0.2) is 58.2 Å². The number of phenolic OH excluding ortho intramolecular Hbond substituents is 1. The van der Waals surface area contributed by atoms with Crippen LogP contribution in [0.5, 0.6) is 5.75 Å². The highest BCUT2D eigenvalue weighted by atomic mass is 79.9. The highest BCUT2D eigenvalue weighted by Crippen LogP contribution is 2.33. The highest BCUT2D eigenvalue weighted by molar-refractivity contribution is 9.10. The summed E-state index contributed by atoms with van der Waals surface area (Å²) in [6, 6.07) is 10.3. The number of hydrogen-bond donors (Lipinski definition) is 2. The second kappa shape index (κ2) is 7.28. The zero-order chi connectivity index (χ0) is 18.7. The van der Waals surface area contributed by atoms with Crippen molar-refractivity contribution in [2.45, 2.75) is 0 Å². The Kier molecular flexibility index (Phi) is 4.90. The van der Waals surface area contributed by atoms with Gasteiger partial charge in [-0.1, -0.05) is 6.07 Å². The number of halogens is 1. The Balaban J connectivity index is 1.80. The lowest BCUT2D eigenvalue weighted by molar-refractivity contribution is -0.384. The molecule has 0 saturated heterocycles. The van der Waals surface area contributed by atoms with Crippen molar-refractivity contribution in [3.63, 3.8) is 0 Å². The average molecular weight is 415 g/mol. The van der Waals surface area contributed by atoms with Gasteiger partial charge in [-0.15, -0.1) is 0 Å². The van der Waals surface area contributed by atoms with E-state index in [0.29, 0.717) is 20.9 Å². The summed E-state index contributed by atoms with van der Waals surface area (Å²) < 4.78 is 0.451. The molecule has 26 heavy (non-hydrogen) atoms. The number of rotatable bonds is 4. The number of benzene rings is 2. The Morgan fingerprint density at radius 1 is 1.31 bits per heavy atom. The summed E-state index contributed by atoms with van der Waals surface area (Å²) >= 11 is 3.25. The monoisotopic (exact) mass is 414 g/mol. The summed E-state index contributed by atoms with van der Waals surface area (Å²) in [6.07, 6.45) is 2.99. The summed E-state index contributed by atoms with van der Waals surface area (Å²) in [4.78, 5) is 26.3. The molecule has 3 rings (SSSR count). The summed E-state index contributed by atoms with van der Waals surface area (Å²) in [5.41, 5.74) is 3.55. The lowest BCUT2D eigenvalue weighted by atomic mass is 10.1. The topological polar surface area (TPSA) is 118 Å². The van der Waals surface area contributed by atoms with Crippen molar-refractivity contribution in [3.05, 3.63) is 74.4 Å². The molecule has 2 aromatic carbocycles. The van der Waals surface area contributed by atoms with Crippen LogP contribution < -0.4 is 5.43 Å². The molecule has 0 bridgehead atoms. The van der Waals surface area contributed by atoms with Gasteiger partial charge in [0, 0.05) is 34.8 Å². The normalized spacial score (nSPS) is 11.0. The maximum absolute atomic E-state index is 12.0. The van der Waals surface area contributed by atoms with Gasteiger partial charge < -0.3 is 5.11 Å². The van der Waals surface area contributed by atoms with E-state index in [2.05, 4.69) is 31.4 Å². The van der Waals surface area contributed by atoms with Crippen molar-refractivity contribution < 1.29 is 14.8 Å². The zero-order valence-electron chi connectivity index (χ0n) is 13.1. The number of hydrazone groups is 1. The van der Waals surface area contributed by atoms with Gasteiger partial charge in [0.15, 0.2) is 5.75 Å². The number of phenols is 1. The predicted octanol–water partition coefficient (Wildman–Crippen LogP) is 3.38. The van der Waals surface area contributed by atoms with Gasteiger partial charge in [0.1, 0.15) is 5.52 Å². The first-order valence-electron chi connectivity index (χ1n) is 7.31. The van der Waals surface area contributed by atoms with E-state index in [9.17, 15) is 20.0 Å². The SMILES string of the molecule is O=C(N/N=C\c1cc(Br)c(O)c2ncccc12)c1ccc([N+](=O)[O-])cc1. The van der Waals surface area contributed by atoms with Gasteiger partial charge in [0.05, 0.1) is 15.6 Å². The molecule has 0 spiro atoms. The third-order valence-corrected chi connectivity index (χ3v) is 4.17. The van der Waals surface area contributed by atoms with E-state index in [0.717, 1.165) is 0 Å². The van der Waals surface area contributed by atoms with Crippen molar-refractivity contribution in [2.24, 2.45) is 5.10 Å². The number of aromatic nitrogens is 1. The fourth-order valence-electron chi connectivity index (χ4n) is 2.29. The van der Waals surface area contributed by atoms with Crippen molar-refractivity contribution in [1.82, 2.24) is 10.4 Å². The minimum absolute atomic E-state index is 0.0210. The fourth-order valence-corrected chi connectivity index (χ4v) is 2.72. The van der Waals surface area contributed by atoms with Gasteiger partial charge in [-0.2, -0.15) is 5.10 Å². The second-order valence-electron chi connectivity index (χ2n) is 5.20. The third kappa shape index (κ3) is 3.52. The van der Waals surface area contributed by atoms with E-state index < -0.39 is 10.8 Å². The van der Waals surface area contributed by atoms with Gasteiger partial charge in [0.2, 0.25) is 0 Å². The number of nitrogens with one attached hydrogen (secondary N) is 1. The van der Waals surface area contributed by atoms with Gasteiger partial charge in [-0.3, -0.25) is 19.9 Å². The number of pyridine rings is 1. The molecule has 0 unspecified atom stereocenters. The fraction of sp³-hybridized carbons (Fsp3) is 0. The van der Waals surface area contributed by atoms with Crippen molar-refractivity contribution in [1.29, 1.82) is 0 Å². The number of aromatic hydroxyl groups is 1. The number of hydrogen-bond acceptors (Lipinski definition) is 6. The van der Waals surface area contributed by atoms with Gasteiger partial charge in [0.25, 0.3) is 11.6 Å². The number of nitrogens with zero attached hydrogens (tertiary/aromatic N) is 3. The standard InChI is InChI=1S/C17H11BrN4O4/c18-14-8-11(13-2-1-7-19-15(13)16(14)23)9-20-21-17(24)10-3-5-12(6-4-10)22(25)26/h1-9,23H,(H,21,24)/b20-9-. The molecule has 9 heteroatoms. The molecule has 130 valence electrons. The highest BCUT2D eigenvalue weighted by Gasteiger charge is 2.11. The molecule has 0 aliphatic rings. The van der Waals surface area contributed by atoms with Crippen LogP contribution in [0, 0.1) is 10.1 Å². The van der Waals surface area contributed by atoms with Crippen LogP contribution in [-0.4, -0.2) is 27.1 Å². The lowest BCUT2D eigenvalue weighted by Crippen LogP contribution is -2.17. The molecule has 3 aromatic rings. The van der Waals surface area contributed by atoms with Crippen molar-refractivity contribution >= 4 is 44.6 Å². The van der Waals surface area contributed by atoms with Crippen LogP contribution in [0.2, 0.25) is 0 Å². The van der Waals surface area contributed by atoms with Crippen LogP contribution in [0.1, 0.15) is 15.9 Å². The molecule has 1 heterocycles. The largest absolute Gasteiger partial charge is 0.505 e. The molecule has 2 N–H and O–H groups in total. The molecular weight excluding hydrogens is 404 g/mol. The Labute approximate surface area is 155 Å². The summed E-state index contributed by atoms with van der Waals surface area (Å²) in [7, 11) is 0. The maximum atomic E-state index is 12.0. The third-order valence-electron chi connectivity index (χ3n) is 3.56. The van der Waals surface area contributed by atoms with Crippen LogP contribution in [0.25, 0.3) is 10.9 Å². The number of non-ortho nitro benzene ring substituents is 1. The van der Waals surface area contributed by atoms with E-state index in [4.69, 9.17) is 0 Å². The maximum Gasteiger partial charge on any atom is 0.271 e. The zero-order valence-corrected chi connectivity index (χ0v) is 14.7. The molecule has 1 amide bonds. The second-order valence-corrected chi connectivity index (χ2v) is 6.05. The molecular formula is C17H11BrN4O4. The Hall–Kier alpha value is -3.33. The first-order chi connectivity index (χ1) is 12.5. The summed E-state index contributed by atoms with van der Waals surface area (Å²) in [5, 5.41) is 25.2. The molecule has 0 radical (unpaired) electrons. The van der Waals surface area contributed by atoms with Crippen LogP contribution in [-0.2, 0) is 0 Å². The number of carbonyl (C=O) groups excluding carboxylic acids is 1. The Morgan fingerprint density at radius 2 is 2.04 bits per heavy atom. The molecule has 0 saturated carbocycles. The predicted molar refractivity (Wildman–Crippen MR) is 99.3 cm³/mol. The summed E-state index contributed by atoms with van der Waals surface area (Å²) in [6.45, 7) is 0.